The number of furan rings is 1. The topological polar surface area (TPSA) is 31.6 Å². The summed E-state index contributed by atoms with van der Waals surface area (Å²) in [7, 11) is -0.459. The van der Waals surface area contributed by atoms with Crippen LogP contribution in [0, 0.1) is 29.6 Å². The molecule has 2 aromatic carbocycles. The van der Waals surface area contributed by atoms with Gasteiger partial charge in [0.05, 0.1) is 17.1 Å². The zero-order chi connectivity index (χ0) is 27.2. The molecule has 1 fully saturated rings. The van der Waals surface area contributed by atoms with Crippen molar-refractivity contribution in [2.75, 3.05) is 0 Å². The first-order valence-electron chi connectivity index (χ1n) is 14.3. The number of hydrogen-bond donors (Lipinski definition) is 0. The van der Waals surface area contributed by atoms with Crippen LogP contribution in [0.4, 0.5) is 0 Å². The van der Waals surface area contributed by atoms with Gasteiger partial charge in [0.25, 0.3) is 0 Å². The monoisotopic (exact) mass is 522 g/mol. The van der Waals surface area contributed by atoms with Gasteiger partial charge in [-0.3, -0.25) is 0 Å². The van der Waals surface area contributed by atoms with Gasteiger partial charge in [0.15, 0.2) is 0 Å². The maximum atomic E-state index is 6.45. The van der Waals surface area contributed by atoms with Crippen molar-refractivity contribution < 1.29 is 13.7 Å². The molecule has 4 atom stereocenters. The predicted molar refractivity (Wildman–Crippen MR) is 162 cm³/mol. The maximum Gasteiger partial charge on any atom is 0.495 e. The number of fused-ring (bicyclic) bond motifs is 3. The zero-order valence-corrected chi connectivity index (χ0v) is 23.3. The molecule has 3 aromatic rings. The molecule has 0 spiro atoms. The van der Waals surface area contributed by atoms with Crippen LogP contribution in [0.3, 0.4) is 0 Å². The number of allylic oxidation sites excluding steroid dienone is 12. The summed E-state index contributed by atoms with van der Waals surface area (Å²) in [6.07, 6.45) is 20.4. The van der Waals surface area contributed by atoms with Crippen LogP contribution in [-0.4, -0.2) is 18.3 Å². The molecule has 40 heavy (non-hydrogen) atoms. The average Bonchev–Trinajstić information content (AvgIpc) is 3.41. The Hall–Kier alpha value is -3.78. The summed E-state index contributed by atoms with van der Waals surface area (Å²) in [4.78, 5) is 0. The zero-order valence-electron chi connectivity index (χ0n) is 23.3. The van der Waals surface area contributed by atoms with E-state index < -0.39 is 18.3 Å². The van der Waals surface area contributed by atoms with Gasteiger partial charge < -0.3 is 13.7 Å². The molecule has 0 N–H and O–H groups in total. The lowest BCUT2D eigenvalue weighted by Gasteiger charge is -2.40. The molecule has 0 bridgehead atoms. The second kappa shape index (κ2) is 8.37. The van der Waals surface area contributed by atoms with Gasteiger partial charge in [-0.25, -0.2) is 0 Å². The molecule has 4 unspecified atom stereocenters. The maximum absolute atomic E-state index is 6.45. The Labute approximate surface area is 235 Å². The predicted octanol–water partition coefficient (Wildman–Crippen LogP) is 7.32. The third kappa shape index (κ3) is 3.48. The lowest BCUT2D eigenvalue weighted by molar-refractivity contribution is 0.00578. The highest BCUT2D eigenvalue weighted by Crippen LogP contribution is 2.48. The van der Waals surface area contributed by atoms with Gasteiger partial charge in [0.2, 0.25) is 0 Å². The van der Waals surface area contributed by atoms with Crippen molar-refractivity contribution in [3.8, 4) is 11.8 Å². The molecule has 196 valence electrons. The summed E-state index contributed by atoms with van der Waals surface area (Å²) in [6.45, 7) is 8.35. The number of rotatable bonds is 2. The Morgan fingerprint density at radius 3 is 2.40 bits per heavy atom. The van der Waals surface area contributed by atoms with Gasteiger partial charge in [0, 0.05) is 28.5 Å². The average molecular weight is 522 g/mol. The second-order valence-corrected chi connectivity index (χ2v) is 12.5. The van der Waals surface area contributed by atoms with E-state index >= 15 is 0 Å². The minimum absolute atomic E-state index is 0.0119. The molecule has 0 saturated carbocycles. The SMILES string of the molecule is CC1(C)OB(c2cccc3oc4ccc(C5C#CC6C=CC7=CC=CC8=CC=C(C=C5)C6C78)cc4c23)OC1(C)C. The van der Waals surface area contributed by atoms with Gasteiger partial charge >= 0.3 is 7.12 Å². The Kier molecular flexibility index (Phi) is 5.03. The summed E-state index contributed by atoms with van der Waals surface area (Å²) < 4.78 is 19.2. The summed E-state index contributed by atoms with van der Waals surface area (Å²) in [5, 5.41) is 2.12. The Morgan fingerprint density at radius 2 is 1.55 bits per heavy atom. The first-order valence-corrected chi connectivity index (χ1v) is 14.3. The Bertz CT molecular complexity index is 1830. The molecule has 0 amide bonds. The molecule has 8 rings (SSSR count). The van der Waals surface area contributed by atoms with Crippen LogP contribution in [0.15, 0.2) is 112 Å². The van der Waals surface area contributed by atoms with Gasteiger partial charge in [0.1, 0.15) is 11.2 Å². The molecule has 4 heteroatoms. The van der Waals surface area contributed by atoms with Gasteiger partial charge in [-0.15, -0.1) is 0 Å². The van der Waals surface area contributed by atoms with Crippen molar-refractivity contribution in [1.82, 2.24) is 0 Å². The van der Waals surface area contributed by atoms with Crippen LogP contribution >= 0.6 is 0 Å². The molecule has 1 aromatic heterocycles. The van der Waals surface area contributed by atoms with Crippen LogP contribution in [0.5, 0.6) is 0 Å². The van der Waals surface area contributed by atoms with Crippen LogP contribution in [0.25, 0.3) is 21.9 Å². The quantitative estimate of drug-likeness (QED) is 0.261. The van der Waals surface area contributed by atoms with E-state index in [2.05, 4.69) is 118 Å². The summed E-state index contributed by atoms with van der Waals surface area (Å²) in [5.41, 5.74) is 7.18. The molecule has 1 aliphatic heterocycles. The highest BCUT2D eigenvalue weighted by Gasteiger charge is 2.52. The van der Waals surface area contributed by atoms with E-state index in [9.17, 15) is 0 Å². The van der Waals surface area contributed by atoms with Crippen LogP contribution in [0.2, 0.25) is 0 Å². The molecule has 5 aliphatic rings. The number of hydrogen-bond acceptors (Lipinski definition) is 3. The van der Waals surface area contributed by atoms with Crippen molar-refractivity contribution in [3.05, 3.63) is 113 Å². The lowest BCUT2D eigenvalue weighted by atomic mass is 9.63. The summed E-state index contributed by atoms with van der Waals surface area (Å²) in [6, 6.07) is 12.6. The van der Waals surface area contributed by atoms with Crippen LogP contribution in [0.1, 0.15) is 39.2 Å². The summed E-state index contributed by atoms with van der Waals surface area (Å²) >= 11 is 0. The minimum Gasteiger partial charge on any atom is -0.456 e. The van der Waals surface area contributed by atoms with E-state index in [1.54, 1.807) is 0 Å². The Balaban J connectivity index is 1.22. The lowest BCUT2D eigenvalue weighted by Crippen LogP contribution is -2.41. The fourth-order valence-corrected chi connectivity index (χ4v) is 6.82. The van der Waals surface area contributed by atoms with Crippen molar-refractivity contribution in [3.63, 3.8) is 0 Å². The first-order chi connectivity index (χ1) is 19.3. The van der Waals surface area contributed by atoms with Crippen LogP contribution < -0.4 is 5.46 Å². The third-order valence-electron chi connectivity index (χ3n) is 9.69. The van der Waals surface area contributed by atoms with Gasteiger partial charge in [-0.1, -0.05) is 84.7 Å². The Morgan fingerprint density at radius 1 is 0.775 bits per heavy atom. The first kappa shape index (κ1) is 24.1. The molecule has 2 heterocycles. The molecule has 3 nitrogen and oxygen atoms in total. The minimum atomic E-state index is -0.459. The van der Waals surface area contributed by atoms with E-state index in [-0.39, 0.29) is 11.8 Å². The molecule has 0 radical (unpaired) electrons. The molecular weight excluding hydrogens is 491 g/mol. The molecule has 1 saturated heterocycles. The fraction of sp³-hybridized carbons (Fsp3) is 0.278. The van der Waals surface area contributed by atoms with E-state index in [0.717, 1.165) is 33.0 Å². The van der Waals surface area contributed by atoms with E-state index in [1.165, 1.54) is 16.7 Å². The third-order valence-corrected chi connectivity index (χ3v) is 9.69. The van der Waals surface area contributed by atoms with Crippen LogP contribution in [-0.2, 0) is 9.31 Å². The van der Waals surface area contributed by atoms with E-state index in [1.807, 2.05) is 12.1 Å². The van der Waals surface area contributed by atoms with Gasteiger partial charge in [-0.2, -0.15) is 0 Å². The smallest absolute Gasteiger partial charge is 0.456 e. The largest absolute Gasteiger partial charge is 0.495 e. The van der Waals surface area contributed by atoms with Crippen molar-refractivity contribution >= 4 is 34.5 Å². The van der Waals surface area contributed by atoms with Crippen molar-refractivity contribution in [2.24, 2.45) is 17.8 Å². The van der Waals surface area contributed by atoms with Crippen molar-refractivity contribution in [2.45, 2.75) is 44.8 Å². The molecule has 4 aliphatic carbocycles. The second-order valence-electron chi connectivity index (χ2n) is 12.5. The highest BCUT2D eigenvalue weighted by molar-refractivity contribution is 6.66. The normalized spacial score (nSPS) is 28.8. The van der Waals surface area contributed by atoms with E-state index in [0.29, 0.717) is 11.8 Å². The summed E-state index contributed by atoms with van der Waals surface area (Å²) in [5.74, 6) is 8.26. The van der Waals surface area contributed by atoms with E-state index in [4.69, 9.17) is 13.7 Å². The van der Waals surface area contributed by atoms with Gasteiger partial charge in [-0.05, 0) is 73.6 Å². The number of benzene rings is 2. The fourth-order valence-electron chi connectivity index (χ4n) is 6.82. The standard InChI is InChI=1S/C36H31BO3/c1-35(2)36(3,4)40-37(39-35)29-9-6-10-31-34(29)28-21-27(19-20-30(28)38-31)22-11-13-25-17-15-23-7-5-8-24-16-18-26(14-12-22)33(25)32(23)24/h5-11,13,15-22,26,32-33H,1-4H3. The molecular formula is C36H31BO3. The highest BCUT2D eigenvalue weighted by atomic mass is 16.7. The van der Waals surface area contributed by atoms with Crippen molar-refractivity contribution in [1.29, 1.82) is 0 Å².